The molecule has 0 radical (unpaired) electrons. The molecule has 2 aliphatic rings. The minimum atomic E-state index is 0.601. The van der Waals surface area contributed by atoms with Gasteiger partial charge in [0.15, 0.2) is 0 Å². The van der Waals surface area contributed by atoms with Crippen LogP contribution >= 0.6 is 11.3 Å². The molecule has 3 atom stereocenters. The molecule has 1 aliphatic carbocycles. The Labute approximate surface area is 99.9 Å². The Kier molecular flexibility index (Phi) is 3.06. The molecule has 1 aromatic heterocycles. The van der Waals surface area contributed by atoms with Crippen molar-refractivity contribution in [1.29, 1.82) is 0 Å². The maximum absolute atomic E-state index is 4.08. The topological polar surface area (TPSA) is 49.8 Å². The Morgan fingerprint density at radius 1 is 1.31 bits per heavy atom. The predicted molar refractivity (Wildman–Crippen MR) is 65.7 cm³/mol. The van der Waals surface area contributed by atoms with Crippen LogP contribution in [0.15, 0.2) is 5.51 Å². The molecule has 2 N–H and O–H groups in total. The quantitative estimate of drug-likeness (QED) is 0.844. The fraction of sp³-hybridized carbons (Fsp3) is 0.818. The van der Waals surface area contributed by atoms with Crippen LogP contribution in [0.1, 0.15) is 32.1 Å². The van der Waals surface area contributed by atoms with Crippen LogP contribution < -0.4 is 10.6 Å². The van der Waals surface area contributed by atoms with Crippen molar-refractivity contribution in [3.05, 3.63) is 5.51 Å². The Hall–Kier alpha value is -0.680. The van der Waals surface area contributed by atoms with Gasteiger partial charge in [-0.05, 0) is 38.1 Å². The van der Waals surface area contributed by atoms with Crippen LogP contribution in [0.3, 0.4) is 0 Å². The standard InChI is InChI=1S/C11H18N4S/c1-3-8(9-5-2-6-12-9)10(4-1)14-11-15-13-7-16-11/h7-10,12H,1-6H2,(H,14,15). The molecule has 4 nitrogen and oxygen atoms in total. The number of nitrogens with zero attached hydrogens (tertiary/aromatic N) is 2. The zero-order chi connectivity index (χ0) is 10.8. The highest BCUT2D eigenvalue weighted by Crippen LogP contribution is 2.33. The summed E-state index contributed by atoms with van der Waals surface area (Å²) in [5, 5.41) is 16.1. The number of hydrogen-bond donors (Lipinski definition) is 2. The van der Waals surface area contributed by atoms with Crippen LogP contribution in [0.4, 0.5) is 5.13 Å². The molecule has 0 amide bonds. The van der Waals surface area contributed by atoms with E-state index in [9.17, 15) is 0 Å². The van der Waals surface area contributed by atoms with Crippen molar-refractivity contribution in [2.75, 3.05) is 11.9 Å². The van der Waals surface area contributed by atoms with Crippen LogP contribution in [0.5, 0.6) is 0 Å². The first kappa shape index (κ1) is 10.5. The summed E-state index contributed by atoms with van der Waals surface area (Å²) in [6.07, 6.45) is 6.67. The summed E-state index contributed by atoms with van der Waals surface area (Å²) >= 11 is 1.60. The van der Waals surface area contributed by atoms with Gasteiger partial charge in [0.1, 0.15) is 5.51 Å². The van der Waals surface area contributed by atoms with E-state index in [1.54, 1.807) is 16.8 Å². The molecule has 3 rings (SSSR count). The molecule has 0 aromatic carbocycles. The van der Waals surface area contributed by atoms with E-state index >= 15 is 0 Å². The van der Waals surface area contributed by atoms with Crippen molar-refractivity contribution in [2.45, 2.75) is 44.2 Å². The van der Waals surface area contributed by atoms with Gasteiger partial charge in [-0.1, -0.05) is 17.8 Å². The summed E-state index contributed by atoms with van der Waals surface area (Å²) in [4.78, 5) is 0. The van der Waals surface area contributed by atoms with Gasteiger partial charge >= 0.3 is 0 Å². The third kappa shape index (κ3) is 2.06. The number of anilines is 1. The minimum absolute atomic E-state index is 0.601. The summed E-state index contributed by atoms with van der Waals surface area (Å²) in [7, 11) is 0. The molecule has 5 heteroatoms. The summed E-state index contributed by atoms with van der Waals surface area (Å²) in [5.41, 5.74) is 1.79. The summed E-state index contributed by atoms with van der Waals surface area (Å²) in [5.74, 6) is 0.784. The lowest BCUT2D eigenvalue weighted by Crippen LogP contribution is -2.38. The largest absolute Gasteiger partial charge is 0.357 e. The normalized spacial score (nSPS) is 34.4. The van der Waals surface area contributed by atoms with Crippen LogP contribution in [0.2, 0.25) is 0 Å². The summed E-state index contributed by atoms with van der Waals surface area (Å²) in [6, 6.07) is 1.33. The predicted octanol–water partition coefficient (Wildman–Crippen LogP) is 1.87. The molecular formula is C11H18N4S. The molecule has 88 valence electrons. The molecule has 0 spiro atoms. The van der Waals surface area contributed by atoms with Crippen molar-refractivity contribution < 1.29 is 0 Å². The van der Waals surface area contributed by atoms with Crippen LogP contribution in [0.25, 0.3) is 0 Å². The van der Waals surface area contributed by atoms with E-state index < -0.39 is 0 Å². The first-order valence-corrected chi connectivity index (χ1v) is 7.07. The van der Waals surface area contributed by atoms with Crippen LogP contribution in [-0.4, -0.2) is 28.8 Å². The first-order chi connectivity index (χ1) is 7.93. The van der Waals surface area contributed by atoms with E-state index in [0.29, 0.717) is 6.04 Å². The van der Waals surface area contributed by atoms with Gasteiger partial charge in [-0.3, -0.25) is 0 Å². The van der Waals surface area contributed by atoms with E-state index in [4.69, 9.17) is 0 Å². The van der Waals surface area contributed by atoms with Crippen LogP contribution in [-0.2, 0) is 0 Å². The van der Waals surface area contributed by atoms with Gasteiger partial charge in [-0.25, -0.2) is 0 Å². The van der Waals surface area contributed by atoms with E-state index in [2.05, 4.69) is 20.8 Å². The SMILES string of the molecule is c1nnc(NC2CCCC2C2CCCN2)s1. The van der Waals surface area contributed by atoms with E-state index in [1.807, 2.05) is 0 Å². The molecule has 0 bridgehead atoms. The van der Waals surface area contributed by atoms with Gasteiger partial charge in [-0.15, -0.1) is 10.2 Å². The molecule has 2 fully saturated rings. The van der Waals surface area contributed by atoms with E-state index in [1.165, 1.54) is 38.6 Å². The third-order valence-corrected chi connectivity index (χ3v) is 4.48. The molecular weight excluding hydrogens is 220 g/mol. The van der Waals surface area contributed by atoms with Crippen molar-refractivity contribution in [1.82, 2.24) is 15.5 Å². The van der Waals surface area contributed by atoms with Crippen LogP contribution in [0, 0.1) is 5.92 Å². The Bertz CT molecular complexity index is 321. The second-order valence-corrected chi connectivity index (χ2v) is 5.63. The number of aromatic nitrogens is 2. The maximum atomic E-state index is 4.08. The van der Waals surface area contributed by atoms with Gasteiger partial charge < -0.3 is 10.6 Å². The monoisotopic (exact) mass is 238 g/mol. The highest BCUT2D eigenvalue weighted by molar-refractivity contribution is 7.13. The molecule has 1 aliphatic heterocycles. The van der Waals surface area contributed by atoms with Crippen molar-refractivity contribution >= 4 is 16.5 Å². The van der Waals surface area contributed by atoms with Gasteiger partial charge in [0.25, 0.3) is 0 Å². The molecule has 3 unspecified atom stereocenters. The zero-order valence-electron chi connectivity index (χ0n) is 9.35. The molecule has 1 saturated carbocycles. The minimum Gasteiger partial charge on any atom is -0.357 e. The fourth-order valence-corrected chi connectivity index (χ4v) is 3.63. The lowest BCUT2D eigenvalue weighted by molar-refractivity contribution is 0.376. The Morgan fingerprint density at radius 3 is 3.06 bits per heavy atom. The second kappa shape index (κ2) is 4.67. The van der Waals surface area contributed by atoms with Crippen molar-refractivity contribution in [3.63, 3.8) is 0 Å². The number of rotatable bonds is 3. The van der Waals surface area contributed by atoms with Gasteiger partial charge in [0.05, 0.1) is 0 Å². The molecule has 1 saturated heterocycles. The molecule has 2 heterocycles. The smallest absolute Gasteiger partial charge is 0.205 e. The summed E-state index contributed by atoms with van der Waals surface area (Å²) < 4.78 is 0. The number of nitrogens with one attached hydrogen (secondary N) is 2. The third-order valence-electron chi connectivity index (χ3n) is 3.85. The van der Waals surface area contributed by atoms with Crippen molar-refractivity contribution in [3.8, 4) is 0 Å². The highest BCUT2D eigenvalue weighted by atomic mass is 32.1. The fourth-order valence-electron chi connectivity index (χ4n) is 3.12. The second-order valence-electron chi connectivity index (χ2n) is 4.79. The first-order valence-electron chi connectivity index (χ1n) is 6.19. The average molecular weight is 238 g/mol. The lowest BCUT2D eigenvalue weighted by Gasteiger charge is -2.26. The Balaban J connectivity index is 1.64. The highest BCUT2D eigenvalue weighted by Gasteiger charge is 2.35. The number of hydrogen-bond acceptors (Lipinski definition) is 5. The maximum Gasteiger partial charge on any atom is 0.205 e. The summed E-state index contributed by atoms with van der Waals surface area (Å²) in [6.45, 7) is 1.20. The van der Waals surface area contributed by atoms with Gasteiger partial charge in [0, 0.05) is 12.1 Å². The van der Waals surface area contributed by atoms with Gasteiger partial charge in [0.2, 0.25) is 5.13 Å². The molecule has 1 aromatic rings. The molecule has 16 heavy (non-hydrogen) atoms. The Morgan fingerprint density at radius 2 is 2.31 bits per heavy atom. The average Bonchev–Trinajstić information content (AvgIpc) is 2.98. The van der Waals surface area contributed by atoms with Crippen molar-refractivity contribution in [2.24, 2.45) is 5.92 Å². The van der Waals surface area contributed by atoms with E-state index in [0.717, 1.165) is 17.1 Å². The zero-order valence-corrected chi connectivity index (χ0v) is 10.2. The lowest BCUT2D eigenvalue weighted by atomic mass is 9.93. The van der Waals surface area contributed by atoms with E-state index in [-0.39, 0.29) is 0 Å². The van der Waals surface area contributed by atoms with Gasteiger partial charge in [-0.2, -0.15) is 0 Å².